The molecule has 2 rings (SSSR count). The predicted molar refractivity (Wildman–Crippen MR) is 52.5 cm³/mol. The molecule has 0 aromatic carbocycles. The average molecular weight is 219 g/mol. The topological polar surface area (TPSA) is 36.4 Å². The Morgan fingerprint density at radius 3 is 2.69 bits per heavy atom. The van der Waals surface area contributed by atoms with Gasteiger partial charge in [0.1, 0.15) is 5.82 Å². The van der Waals surface area contributed by atoms with Crippen molar-refractivity contribution >= 4 is 29.0 Å². The zero-order valence-electron chi connectivity index (χ0n) is 6.74. The number of halogens is 2. The van der Waals surface area contributed by atoms with E-state index in [9.17, 15) is 0 Å². The fourth-order valence-electron chi connectivity index (χ4n) is 1.27. The molecule has 1 N–H and O–H groups in total. The zero-order chi connectivity index (χ0) is 9.42. The Balaban J connectivity index is 2.21. The van der Waals surface area contributed by atoms with Gasteiger partial charge in [-0.2, -0.15) is 0 Å². The van der Waals surface area contributed by atoms with Gasteiger partial charge in [0.25, 0.3) is 0 Å². The van der Waals surface area contributed by atoms with Crippen molar-refractivity contribution in [1.29, 1.82) is 0 Å². The van der Waals surface area contributed by atoms with Gasteiger partial charge in [-0.1, -0.05) is 23.2 Å². The van der Waals surface area contributed by atoms with Crippen LogP contribution in [0.5, 0.6) is 0 Å². The number of aliphatic hydroxyl groups is 1. The lowest BCUT2D eigenvalue weighted by molar-refractivity contribution is 0.141. The van der Waals surface area contributed by atoms with Crippen molar-refractivity contribution in [2.24, 2.45) is 0 Å². The lowest BCUT2D eigenvalue weighted by Gasteiger charge is -2.37. The Bertz CT molecular complexity index is 326. The molecule has 3 nitrogen and oxygen atoms in total. The molecule has 1 aliphatic rings. The summed E-state index contributed by atoms with van der Waals surface area (Å²) < 4.78 is 0. The fraction of sp³-hybridized carbons (Fsp3) is 0.375. The van der Waals surface area contributed by atoms with Crippen molar-refractivity contribution in [1.82, 2.24) is 4.98 Å². The molecule has 70 valence electrons. The summed E-state index contributed by atoms with van der Waals surface area (Å²) in [6, 6.07) is 1.65. The van der Waals surface area contributed by atoms with Crippen LogP contribution >= 0.6 is 23.2 Å². The molecule has 0 unspecified atom stereocenters. The molecule has 1 aromatic heterocycles. The third-order valence-electron chi connectivity index (χ3n) is 1.95. The predicted octanol–water partition coefficient (Wildman–Crippen LogP) is 1.57. The Hall–Kier alpha value is -0.510. The number of aliphatic hydroxyl groups excluding tert-OH is 1. The summed E-state index contributed by atoms with van der Waals surface area (Å²) in [5, 5.41) is 10.1. The first-order valence-electron chi connectivity index (χ1n) is 3.91. The van der Waals surface area contributed by atoms with Gasteiger partial charge in [-0.3, -0.25) is 0 Å². The smallest absolute Gasteiger partial charge is 0.147 e. The van der Waals surface area contributed by atoms with Gasteiger partial charge in [0, 0.05) is 19.3 Å². The molecule has 0 saturated carbocycles. The second kappa shape index (κ2) is 3.33. The van der Waals surface area contributed by atoms with Crippen LogP contribution in [0.1, 0.15) is 0 Å². The summed E-state index contributed by atoms with van der Waals surface area (Å²) in [4.78, 5) is 5.99. The van der Waals surface area contributed by atoms with Crippen molar-refractivity contribution in [3.63, 3.8) is 0 Å². The quantitative estimate of drug-likeness (QED) is 0.778. The maximum absolute atomic E-state index is 9.09. The average Bonchev–Trinajstić information content (AvgIpc) is 2.00. The second-order valence-electron chi connectivity index (χ2n) is 3.02. The number of rotatable bonds is 1. The minimum absolute atomic E-state index is 0.256. The van der Waals surface area contributed by atoms with Crippen LogP contribution in [0, 0.1) is 0 Å². The SMILES string of the molecule is OC1CN(c2ncc(Cl)cc2Cl)C1. The van der Waals surface area contributed by atoms with Crippen molar-refractivity contribution in [2.75, 3.05) is 18.0 Å². The number of pyridine rings is 1. The number of β-amino-alcohol motifs (C(OH)–C–C–N with tert-alkyl or cyclic N) is 1. The molecule has 0 atom stereocenters. The molecule has 1 aliphatic heterocycles. The molecule has 0 bridgehead atoms. The Morgan fingerprint density at radius 2 is 2.15 bits per heavy atom. The van der Waals surface area contributed by atoms with Crippen LogP contribution in [0.15, 0.2) is 12.3 Å². The van der Waals surface area contributed by atoms with Gasteiger partial charge in [-0.05, 0) is 6.07 Å². The number of hydrogen-bond acceptors (Lipinski definition) is 3. The first-order chi connectivity index (χ1) is 6.16. The van der Waals surface area contributed by atoms with E-state index in [2.05, 4.69) is 4.98 Å². The van der Waals surface area contributed by atoms with Gasteiger partial charge < -0.3 is 10.0 Å². The van der Waals surface area contributed by atoms with E-state index < -0.39 is 0 Å². The molecular weight excluding hydrogens is 211 g/mol. The molecule has 0 amide bonds. The molecule has 13 heavy (non-hydrogen) atoms. The number of anilines is 1. The zero-order valence-corrected chi connectivity index (χ0v) is 8.26. The summed E-state index contributed by atoms with van der Waals surface area (Å²) in [6.07, 6.45) is 1.29. The summed E-state index contributed by atoms with van der Waals surface area (Å²) in [6.45, 7) is 1.18. The van der Waals surface area contributed by atoms with E-state index >= 15 is 0 Å². The first-order valence-corrected chi connectivity index (χ1v) is 4.66. The second-order valence-corrected chi connectivity index (χ2v) is 3.86. The summed E-state index contributed by atoms with van der Waals surface area (Å²) in [5.41, 5.74) is 0. The molecule has 0 aliphatic carbocycles. The molecule has 1 saturated heterocycles. The molecule has 2 heterocycles. The van der Waals surface area contributed by atoms with Crippen LogP contribution in [-0.4, -0.2) is 29.3 Å². The molecular formula is C8H8Cl2N2O. The fourth-order valence-corrected chi connectivity index (χ4v) is 1.77. The Labute approximate surface area is 85.9 Å². The van der Waals surface area contributed by atoms with Crippen LogP contribution in [0.25, 0.3) is 0 Å². The highest BCUT2D eigenvalue weighted by atomic mass is 35.5. The van der Waals surface area contributed by atoms with Crippen molar-refractivity contribution < 1.29 is 5.11 Å². The van der Waals surface area contributed by atoms with Gasteiger partial charge in [-0.25, -0.2) is 4.98 Å². The summed E-state index contributed by atoms with van der Waals surface area (Å²) in [7, 11) is 0. The maximum atomic E-state index is 9.09. The van der Waals surface area contributed by atoms with Gasteiger partial charge >= 0.3 is 0 Å². The van der Waals surface area contributed by atoms with E-state index in [-0.39, 0.29) is 6.10 Å². The first kappa shape index (κ1) is 9.06. The van der Waals surface area contributed by atoms with E-state index in [1.54, 1.807) is 12.3 Å². The molecule has 0 spiro atoms. The van der Waals surface area contributed by atoms with E-state index in [4.69, 9.17) is 28.3 Å². The molecule has 5 heteroatoms. The van der Waals surface area contributed by atoms with E-state index in [0.29, 0.717) is 29.0 Å². The lowest BCUT2D eigenvalue weighted by atomic mass is 10.2. The number of aromatic nitrogens is 1. The minimum atomic E-state index is -0.256. The third kappa shape index (κ3) is 1.73. The highest BCUT2D eigenvalue weighted by molar-refractivity contribution is 6.36. The summed E-state index contributed by atoms with van der Waals surface area (Å²) >= 11 is 11.6. The largest absolute Gasteiger partial charge is 0.389 e. The summed E-state index contributed by atoms with van der Waals surface area (Å²) in [5.74, 6) is 0.691. The van der Waals surface area contributed by atoms with Crippen molar-refractivity contribution in [2.45, 2.75) is 6.10 Å². The Kier molecular flexibility index (Phi) is 2.32. The van der Waals surface area contributed by atoms with Crippen LogP contribution < -0.4 is 4.90 Å². The highest BCUT2D eigenvalue weighted by Gasteiger charge is 2.26. The minimum Gasteiger partial charge on any atom is -0.389 e. The van der Waals surface area contributed by atoms with Crippen LogP contribution in [0.3, 0.4) is 0 Å². The van der Waals surface area contributed by atoms with Crippen LogP contribution in [-0.2, 0) is 0 Å². The molecule has 0 radical (unpaired) electrons. The number of hydrogen-bond donors (Lipinski definition) is 1. The van der Waals surface area contributed by atoms with Gasteiger partial charge in [-0.15, -0.1) is 0 Å². The monoisotopic (exact) mass is 218 g/mol. The standard InChI is InChI=1S/C8H8Cl2N2O/c9-5-1-7(10)8(11-2-5)12-3-6(13)4-12/h1-2,6,13H,3-4H2. The molecule has 1 fully saturated rings. The number of nitrogens with zero attached hydrogens (tertiary/aromatic N) is 2. The normalized spacial score (nSPS) is 17.3. The third-order valence-corrected chi connectivity index (χ3v) is 2.44. The van der Waals surface area contributed by atoms with E-state index in [0.717, 1.165) is 0 Å². The van der Waals surface area contributed by atoms with Gasteiger partial charge in [0.05, 0.1) is 16.1 Å². The Morgan fingerprint density at radius 1 is 1.46 bits per heavy atom. The molecule has 1 aromatic rings. The lowest BCUT2D eigenvalue weighted by Crippen LogP contribution is -2.51. The van der Waals surface area contributed by atoms with Crippen molar-refractivity contribution in [3.05, 3.63) is 22.3 Å². The van der Waals surface area contributed by atoms with Gasteiger partial charge in [0.15, 0.2) is 0 Å². The van der Waals surface area contributed by atoms with Gasteiger partial charge in [0.2, 0.25) is 0 Å². The van der Waals surface area contributed by atoms with Crippen molar-refractivity contribution in [3.8, 4) is 0 Å². The van der Waals surface area contributed by atoms with E-state index in [1.807, 2.05) is 4.90 Å². The maximum Gasteiger partial charge on any atom is 0.147 e. The van der Waals surface area contributed by atoms with E-state index in [1.165, 1.54) is 0 Å². The van der Waals surface area contributed by atoms with Crippen LogP contribution in [0.4, 0.5) is 5.82 Å². The van der Waals surface area contributed by atoms with Crippen LogP contribution in [0.2, 0.25) is 10.0 Å². The highest BCUT2D eigenvalue weighted by Crippen LogP contribution is 2.28.